The second-order valence-corrected chi connectivity index (χ2v) is 3.73. The zero-order valence-corrected chi connectivity index (χ0v) is 8.99. The van der Waals surface area contributed by atoms with E-state index in [1.807, 2.05) is 20.8 Å². The maximum atomic E-state index is 10.9. The third-order valence-electron chi connectivity index (χ3n) is 2.06. The molecule has 1 saturated heterocycles. The molecule has 0 saturated carbocycles. The van der Waals surface area contributed by atoms with Crippen molar-refractivity contribution in [2.24, 2.45) is 0 Å². The summed E-state index contributed by atoms with van der Waals surface area (Å²) in [5, 5.41) is 0. The topological polar surface area (TPSA) is 44.8 Å². The fourth-order valence-electron chi connectivity index (χ4n) is 1.25. The highest BCUT2D eigenvalue weighted by Crippen LogP contribution is 2.26. The molecule has 4 nitrogen and oxygen atoms in total. The van der Waals surface area contributed by atoms with Gasteiger partial charge in [-0.15, -0.1) is 0 Å². The van der Waals surface area contributed by atoms with Crippen LogP contribution in [-0.2, 0) is 19.0 Å². The molecule has 14 heavy (non-hydrogen) atoms. The summed E-state index contributed by atoms with van der Waals surface area (Å²) >= 11 is 0. The maximum Gasteiger partial charge on any atom is 0.330 e. The van der Waals surface area contributed by atoms with Gasteiger partial charge in [0.15, 0.2) is 5.79 Å². The Labute approximate surface area is 83.8 Å². The van der Waals surface area contributed by atoms with Crippen LogP contribution in [0.15, 0.2) is 11.6 Å². The largest absolute Gasteiger partial charge is 0.466 e. The molecule has 1 aliphatic heterocycles. The number of carbonyl (C=O) groups excluding carboxylic acids is 1. The Kier molecular flexibility index (Phi) is 3.29. The van der Waals surface area contributed by atoms with Gasteiger partial charge in [-0.3, -0.25) is 0 Å². The lowest BCUT2D eigenvalue weighted by Gasteiger charge is -2.17. The van der Waals surface area contributed by atoms with Crippen molar-refractivity contribution in [2.45, 2.75) is 32.7 Å². The molecule has 80 valence electrons. The van der Waals surface area contributed by atoms with Crippen LogP contribution in [0.3, 0.4) is 0 Å². The smallest absolute Gasteiger partial charge is 0.330 e. The Morgan fingerprint density at radius 2 is 2.21 bits per heavy atom. The van der Waals surface area contributed by atoms with Crippen molar-refractivity contribution in [3.05, 3.63) is 11.6 Å². The number of esters is 1. The monoisotopic (exact) mass is 200 g/mol. The molecule has 0 radical (unpaired) electrons. The number of rotatable bonds is 2. The molecule has 1 aliphatic rings. The first-order valence-corrected chi connectivity index (χ1v) is 4.52. The molecule has 0 N–H and O–H groups in total. The molecular formula is C10H16O4. The van der Waals surface area contributed by atoms with E-state index in [1.165, 1.54) is 13.2 Å². The highest BCUT2D eigenvalue weighted by Gasteiger charge is 2.33. The van der Waals surface area contributed by atoms with E-state index in [1.54, 1.807) is 0 Å². The van der Waals surface area contributed by atoms with Crippen LogP contribution < -0.4 is 0 Å². The lowest BCUT2D eigenvalue weighted by molar-refractivity contribution is -0.137. The van der Waals surface area contributed by atoms with E-state index >= 15 is 0 Å². The normalized spacial score (nSPS) is 26.3. The molecule has 0 unspecified atom stereocenters. The Hall–Kier alpha value is -0.870. The Morgan fingerprint density at radius 3 is 2.64 bits per heavy atom. The molecular weight excluding hydrogens is 184 g/mol. The predicted octanol–water partition coefficient (Wildman–Crippen LogP) is 1.26. The fourth-order valence-corrected chi connectivity index (χ4v) is 1.25. The number of carbonyl (C=O) groups is 1. The van der Waals surface area contributed by atoms with Crippen LogP contribution in [0.25, 0.3) is 0 Å². The second-order valence-electron chi connectivity index (χ2n) is 3.73. The van der Waals surface area contributed by atoms with E-state index in [2.05, 4.69) is 4.74 Å². The highest BCUT2D eigenvalue weighted by atomic mass is 16.7. The summed E-state index contributed by atoms with van der Waals surface area (Å²) in [6.45, 7) is 6.00. The maximum absolute atomic E-state index is 10.9. The van der Waals surface area contributed by atoms with Crippen molar-refractivity contribution in [2.75, 3.05) is 13.7 Å². The van der Waals surface area contributed by atoms with Gasteiger partial charge in [0.25, 0.3) is 0 Å². The van der Waals surface area contributed by atoms with Gasteiger partial charge < -0.3 is 14.2 Å². The zero-order chi connectivity index (χ0) is 10.8. The summed E-state index contributed by atoms with van der Waals surface area (Å²) in [7, 11) is 1.35. The fraction of sp³-hybridized carbons (Fsp3) is 0.700. The summed E-state index contributed by atoms with van der Waals surface area (Å²) < 4.78 is 15.5. The average molecular weight is 200 g/mol. The van der Waals surface area contributed by atoms with Gasteiger partial charge in [-0.2, -0.15) is 0 Å². The van der Waals surface area contributed by atoms with Crippen LogP contribution in [0, 0.1) is 0 Å². The standard InChI is InChI=1S/C10H16O4/c1-7(5-9(11)12-4)8-6-13-10(2,3)14-8/h5,8H,6H2,1-4H3/b7-5+/t8-/m0/s1. The zero-order valence-electron chi connectivity index (χ0n) is 8.99. The minimum absolute atomic E-state index is 0.149. The molecule has 0 spiro atoms. The summed E-state index contributed by atoms with van der Waals surface area (Å²) in [5.74, 6) is -0.925. The van der Waals surface area contributed by atoms with E-state index < -0.39 is 5.79 Å². The van der Waals surface area contributed by atoms with Gasteiger partial charge in [-0.1, -0.05) is 0 Å². The third kappa shape index (κ3) is 2.82. The molecule has 0 amide bonds. The Balaban J connectivity index is 2.59. The van der Waals surface area contributed by atoms with E-state index in [-0.39, 0.29) is 12.1 Å². The molecule has 0 aromatic carbocycles. The SMILES string of the molecule is COC(=O)/C=C(\C)[C@@H]1COC(C)(C)O1. The minimum Gasteiger partial charge on any atom is -0.466 e. The third-order valence-corrected chi connectivity index (χ3v) is 2.06. The number of methoxy groups -OCH3 is 1. The van der Waals surface area contributed by atoms with Crippen molar-refractivity contribution in [1.29, 1.82) is 0 Å². The average Bonchev–Trinajstić information content (AvgIpc) is 2.46. The molecule has 1 rings (SSSR count). The second kappa shape index (κ2) is 4.11. The lowest BCUT2D eigenvalue weighted by atomic mass is 10.2. The van der Waals surface area contributed by atoms with Gasteiger partial charge in [0.2, 0.25) is 0 Å². The van der Waals surface area contributed by atoms with Crippen molar-refractivity contribution in [3.63, 3.8) is 0 Å². The molecule has 0 aromatic rings. The van der Waals surface area contributed by atoms with Crippen LogP contribution in [0.4, 0.5) is 0 Å². The first kappa shape index (κ1) is 11.2. The van der Waals surface area contributed by atoms with Crippen LogP contribution in [-0.4, -0.2) is 31.6 Å². The molecule has 0 bridgehead atoms. The van der Waals surface area contributed by atoms with E-state index in [0.29, 0.717) is 6.61 Å². The summed E-state index contributed by atoms with van der Waals surface area (Å²) in [6.07, 6.45) is 1.28. The van der Waals surface area contributed by atoms with Gasteiger partial charge in [-0.25, -0.2) is 4.79 Å². The van der Waals surface area contributed by atoms with Crippen molar-refractivity contribution in [1.82, 2.24) is 0 Å². The van der Waals surface area contributed by atoms with Crippen LogP contribution in [0.5, 0.6) is 0 Å². The van der Waals surface area contributed by atoms with Crippen molar-refractivity contribution < 1.29 is 19.0 Å². The van der Waals surface area contributed by atoms with Gasteiger partial charge >= 0.3 is 5.97 Å². The molecule has 1 heterocycles. The quantitative estimate of drug-likeness (QED) is 0.497. The van der Waals surface area contributed by atoms with E-state index in [4.69, 9.17) is 9.47 Å². The molecule has 1 atom stereocenters. The number of ether oxygens (including phenoxy) is 3. The summed E-state index contributed by atoms with van der Waals surface area (Å²) in [6, 6.07) is 0. The minimum atomic E-state index is -0.560. The molecule has 0 aliphatic carbocycles. The van der Waals surface area contributed by atoms with Crippen molar-refractivity contribution >= 4 is 5.97 Å². The summed E-state index contributed by atoms with van der Waals surface area (Å²) in [5.41, 5.74) is 0.822. The van der Waals surface area contributed by atoms with Gasteiger partial charge in [0.1, 0.15) is 6.10 Å². The van der Waals surface area contributed by atoms with E-state index in [0.717, 1.165) is 5.57 Å². The Morgan fingerprint density at radius 1 is 1.57 bits per heavy atom. The van der Waals surface area contributed by atoms with Crippen LogP contribution >= 0.6 is 0 Å². The first-order valence-electron chi connectivity index (χ1n) is 4.52. The summed E-state index contributed by atoms with van der Waals surface area (Å²) in [4.78, 5) is 10.9. The van der Waals surface area contributed by atoms with Crippen LogP contribution in [0.2, 0.25) is 0 Å². The van der Waals surface area contributed by atoms with Gasteiger partial charge in [0.05, 0.1) is 13.7 Å². The Bertz CT molecular complexity index is 255. The number of hydrogen-bond donors (Lipinski definition) is 0. The first-order chi connectivity index (χ1) is 6.44. The van der Waals surface area contributed by atoms with Gasteiger partial charge in [0, 0.05) is 6.08 Å². The predicted molar refractivity (Wildman–Crippen MR) is 50.7 cm³/mol. The van der Waals surface area contributed by atoms with Gasteiger partial charge in [-0.05, 0) is 26.3 Å². The molecule has 0 aromatic heterocycles. The number of hydrogen-bond acceptors (Lipinski definition) is 4. The van der Waals surface area contributed by atoms with Crippen LogP contribution in [0.1, 0.15) is 20.8 Å². The molecule has 1 fully saturated rings. The lowest BCUT2D eigenvalue weighted by Crippen LogP contribution is -2.22. The van der Waals surface area contributed by atoms with Crippen molar-refractivity contribution in [3.8, 4) is 0 Å². The highest BCUT2D eigenvalue weighted by molar-refractivity contribution is 5.82. The van der Waals surface area contributed by atoms with E-state index in [9.17, 15) is 4.79 Å². The molecule has 4 heteroatoms.